The molecule has 0 radical (unpaired) electrons. The fraction of sp³-hybridized carbons (Fsp3) is 0.538. The molecular formula is C13H20N2O4. The molecule has 0 aromatic heterocycles. The van der Waals surface area contributed by atoms with Gasteiger partial charge in [0, 0.05) is 12.6 Å². The monoisotopic (exact) mass is 268 g/mol. The Morgan fingerprint density at radius 1 is 1.53 bits per heavy atom. The first-order valence-corrected chi connectivity index (χ1v) is 6.31. The number of aliphatic hydroxyl groups is 1. The summed E-state index contributed by atoms with van der Waals surface area (Å²) in [7, 11) is 0. The molecule has 0 fully saturated rings. The maximum atomic E-state index is 10.8. The van der Waals surface area contributed by atoms with Crippen molar-refractivity contribution in [3.8, 4) is 5.75 Å². The minimum Gasteiger partial charge on any atom is -0.490 e. The Kier molecular flexibility index (Phi) is 6.24. The van der Waals surface area contributed by atoms with Crippen molar-refractivity contribution in [3.63, 3.8) is 0 Å². The summed E-state index contributed by atoms with van der Waals surface area (Å²) in [4.78, 5) is 10.3. The first kappa shape index (κ1) is 15.4. The molecule has 0 aliphatic rings. The highest BCUT2D eigenvalue weighted by Crippen LogP contribution is 2.26. The van der Waals surface area contributed by atoms with Crippen molar-refractivity contribution in [2.45, 2.75) is 26.4 Å². The fourth-order valence-electron chi connectivity index (χ4n) is 1.65. The lowest BCUT2D eigenvalue weighted by Gasteiger charge is -2.14. The third kappa shape index (κ3) is 4.84. The van der Waals surface area contributed by atoms with E-state index in [0.29, 0.717) is 17.9 Å². The normalized spacial score (nSPS) is 12.2. The minimum absolute atomic E-state index is 0.0242. The van der Waals surface area contributed by atoms with Crippen molar-refractivity contribution in [1.29, 1.82) is 0 Å². The highest BCUT2D eigenvalue weighted by atomic mass is 16.6. The number of hydrogen-bond acceptors (Lipinski definition) is 5. The summed E-state index contributed by atoms with van der Waals surface area (Å²) in [6.07, 6.45) is 0.364. The maximum absolute atomic E-state index is 10.8. The Bertz CT molecular complexity index is 423. The lowest BCUT2D eigenvalue weighted by Crippen LogP contribution is -2.31. The van der Waals surface area contributed by atoms with Crippen LogP contribution in [0.25, 0.3) is 0 Å². The Labute approximate surface area is 112 Å². The van der Waals surface area contributed by atoms with Gasteiger partial charge < -0.3 is 15.2 Å². The average Bonchev–Trinajstić information content (AvgIpc) is 2.37. The molecule has 1 rings (SSSR count). The third-order valence-electron chi connectivity index (χ3n) is 2.69. The van der Waals surface area contributed by atoms with Gasteiger partial charge in [-0.3, -0.25) is 10.1 Å². The van der Waals surface area contributed by atoms with Crippen molar-refractivity contribution in [3.05, 3.63) is 33.9 Å². The van der Waals surface area contributed by atoms with E-state index in [1.54, 1.807) is 19.1 Å². The largest absolute Gasteiger partial charge is 0.490 e. The molecule has 0 aliphatic carbocycles. The van der Waals surface area contributed by atoms with Crippen molar-refractivity contribution in [2.75, 3.05) is 19.7 Å². The van der Waals surface area contributed by atoms with Crippen LogP contribution >= 0.6 is 0 Å². The first-order valence-electron chi connectivity index (χ1n) is 6.31. The fourth-order valence-corrected chi connectivity index (χ4v) is 1.65. The second-order valence-electron chi connectivity index (χ2n) is 4.33. The number of benzene rings is 1. The predicted molar refractivity (Wildman–Crippen MR) is 72.5 cm³/mol. The summed E-state index contributed by atoms with van der Waals surface area (Å²) >= 11 is 0. The second-order valence-corrected chi connectivity index (χ2v) is 4.33. The Hall–Kier alpha value is -1.66. The molecule has 0 saturated heterocycles. The number of nitrogens with one attached hydrogen (secondary N) is 1. The van der Waals surface area contributed by atoms with Crippen LogP contribution in [0, 0.1) is 17.0 Å². The SMILES string of the molecule is CCCNCC(O)COc1cccc([N+](=O)[O-])c1C. The van der Waals surface area contributed by atoms with Crippen LogP contribution in [0.3, 0.4) is 0 Å². The van der Waals surface area contributed by atoms with Gasteiger partial charge in [-0.15, -0.1) is 0 Å². The molecule has 0 heterocycles. The van der Waals surface area contributed by atoms with Crippen molar-refractivity contribution >= 4 is 5.69 Å². The Morgan fingerprint density at radius 3 is 2.89 bits per heavy atom. The van der Waals surface area contributed by atoms with Crippen molar-refractivity contribution in [1.82, 2.24) is 5.32 Å². The molecule has 0 bridgehead atoms. The van der Waals surface area contributed by atoms with E-state index in [1.807, 2.05) is 6.92 Å². The molecule has 6 nitrogen and oxygen atoms in total. The molecule has 0 saturated carbocycles. The second kappa shape index (κ2) is 7.70. The average molecular weight is 268 g/mol. The summed E-state index contributed by atoms with van der Waals surface area (Å²) in [5.74, 6) is 0.434. The smallest absolute Gasteiger partial charge is 0.276 e. The molecule has 1 aromatic carbocycles. The van der Waals surface area contributed by atoms with Crippen LogP contribution in [0.1, 0.15) is 18.9 Å². The molecule has 6 heteroatoms. The van der Waals surface area contributed by atoms with Crippen molar-refractivity contribution < 1.29 is 14.8 Å². The van der Waals surface area contributed by atoms with Crippen LogP contribution in [0.15, 0.2) is 18.2 Å². The van der Waals surface area contributed by atoms with Gasteiger partial charge in [-0.1, -0.05) is 13.0 Å². The standard InChI is InChI=1S/C13H20N2O4/c1-3-7-14-8-11(16)9-19-13-6-4-5-12(10(13)2)15(17)18/h4-6,11,14,16H,3,7-9H2,1-2H3. The molecule has 0 aliphatic heterocycles. The quantitative estimate of drug-likeness (QED) is 0.425. The van der Waals surface area contributed by atoms with Gasteiger partial charge in [-0.25, -0.2) is 0 Å². The number of hydrogen-bond donors (Lipinski definition) is 2. The molecule has 1 aromatic rings. The first-order chi connectivity index (χ1) is 9.06. The zero-order valence-corrected chi connectivity index (χ0v) is 11.3. The van der Waals surface area contributed by atoms with Crippen LogP contribution < -0.4 is 10.1 Å². The topological polar surface area (TPSA) is 84.6 Å². The highest BCUT2D eigenvalue weighted by molar-refractivity contribution is 5.48. The van der Waals surface area contributed by atoms with Gasteiger partial charge in [0.2, 0.25) is 0 Å². The van der Waals surface area contributed by atoms with E-state index in [2.05, 4.69) is 5.32 Å². The van der Waals surface area contributed by atoms with Crippen LogP contribution in [-0.4, -0.2) is 35.8 Å². The molecule has 1 unspecified atom stereocenters. The van der Waals surface area contributed by atoms with Crippen LogP contribution in [0.2, 0.25) is 0 Å². The molecular weight excluding hydrogens is 248 g/mol. The van der Waals surface area contributed by atoms with Gasteiger partial charge in [-0.05, 0) is 26.0 Å². The molecule has 2 N–H and O–H groups in total. The van der Waals surface area contributed by atoms with E-state index < -0.39 is 11.0 Å². The summed E-state index contributed by atoms with van der Waals surface area (Å²) in [5, 5.41) is 23.5. The summed E-state index contributed by atoms with van der Waals surface area (Å²) in [6, 6.07) is 4.66. The summed E-state index contributed by atoms with van der Waals surface area (Å²) < 4.78 is 5.43. The van der Waals surface area contributed by atoms with Gasteiger partial charge >= 0.3 is 0 Å². The highest BCUT2D eigenvalue weighted by Gasteiger charge is 2.15. The van der Waals surface area contributed by atoms with E-state index in [0.717, 1.165) is 13.0 Å². The number of aliphatic hydroxyl groups excluding tert-OH is 1. The van der Waals surface area contributed by atoms with Crippen LogP contribution in [-0.2, 0) is 0 Å². The number of nitro groups is 1. The van der Waals surface area contributed by atoms with E-state index in [1.165, 1.54) is 6.07 Å². The van der Waals surface area contributed by atoms with E-state index >= 15 is 0 Å². The molecule has 1 atom stereocenters. The number of nitro benzene ring substituents is 1. The molecule has 0 amide bonds. The zero-order valence-electron chi connectivity index (χ0n) is 11.3. The van der Waals surface area contributed by atoms with Gasteiger partial charge in [0.05, 0.1) is 10.5 Å². The van der Waals surface area contributed by atoms with Crippen LogP contribution in [0.5, 0.6) is 5.75 Å². The molecule has 0 spiro atoms. The maximum Gasteiger partial charge on any atom is 0.276 e. The third-order valence-corrected chi connectivity index (χ3v) is 2.69. The summed E-state index contributed by atoms with van der Waals surface area (Å²) in [5.41, 5.74) is 0.498. The summed E-state index contributed by atoms with van der Waals surface area (Å²) in [6.45, 7) is 5.07. The lowest BCUT2D eigenvalue weighted by atomic mass is 10.2. The lowest BCUT2D eigenvalue weighted by molar-refractivity contribution is -0.385. The van der Waals surface area contributed by atoms with E-state index in [-0.39, 0.29) is 12.3 Å². The number of rotatable bonds is 8. The van der Waals surface area contributed by atoms with Gasteiger partial charge in [0.25, 0.3) is 5.69 Å². The van der Waals surface area contributed by atoms with E-state index in [4.69, 9.17) is 4.74 Å². The molecule has 19 heavy (non-hydrogen) atoms. The van der Waals surface area contributed by atoms with E-state index in [9.17, 15) is 15.2 Å². The van der Waals surface area contributed by atoms with Gasteiger partial charge in [-0.2, -0.15) is 0 Å². The minimum atomic E-state index is -0.634. The zero-order chi connectivity index (χ0) is 14.3. The van der Waals surface area contributed by atoms with Crippen LogP contribution in [0.4, 0.5) is 5.69 Å². The Balaban J connectivity index is 2.53. The number of ether oxygens (including phenoxy) is 1. The van der Waals surface area contributed by atoms with Crippen molar-refractivity contribution in [2.24, 2.45) is 0 Å². The Morgan fingerprint density at radius 2 is 2.26 bits per heavy atom. The number of nitrogens with zero attached hydrogens (tertiary/aromatic N) is 1. The van der Waals surface area contributed by atoms with Gasteiger partial charge in [0.15, 0.2) is 0 Å². The van der Waals surface area contributed by atoms with Gasteiger partial charge in [0.1, 0.15) is 18.5 Å². The molecule has 106 valence electrons. The predicted octanol–water partition coefficient (Wildman–Crippen LogP) is 1.64.